The first-order chi connectivity index (χ1) is 12.3. The van der Waals surface area contributed by atoms with Gasteiger partial charge >= 0.3 is 6.36 Å². The third-order valence-electron chi connectivity index (χ3n) is 4.75. The molecule has 2 nitrogen and oxygen atoms in total. The molecule has 0 atom stereocenters. The Balaban J connectivity index is 1.82. The van der Waals surface area contributed by atoms with Gasteiger partial charge in [-0.1, -0.05) is 6.42 Å². The minimum Gasteiger partial charge on any atom is -0.406 e. The van der Waals surface area contributed by atoms with Gasteiger partial charge in [-0.25, -0.2) is 8.78 Å². The summed E-state index contributed by atoms with van der Waals surface area (Å²) in [6.45, 7) is 0. The first kappa shape index (κ1) is 16.9. The van der Waals surface area contributed by atoms with Crippen LogP contribution in [0.15, 0.2) is 36.4 Å². The van der Waals surface area contributed by atoms with Crippen molar-refractivity contribution >= 4 is 10.9 Å². The summed E-state index contributed by atoms with van der Waals surface area (Å²) in [6.07, 6.45) is -1.91. The lowest BCUT2D eigenvalue weighted by Gasteiger charge is -2.26. The van der Waals surface area contributed by atoms with E-state index in [1.807, 2.05) is 0 Å². The largest absolute Gasteiger partial charge is 0.573 e. The van der Waals surface area contributed by atoms with Crippen LogP contribution in [0.2, 0.25) is 0 Å². The highest BCUT2D eigenvalue weighted by Gasteiger charge is 2.31. The van der Waals surface area contributed by atoms with Crippen LogP contribution in [-0.4, -0.2) is 11.3 Å². The summed E-state index contributed by atoms with van der Waals surface area (Å²) in [5, 5.41) is 0.484. The first-order valence-electron chi connectivity index (χ1n) is 8.18. The standard InChI is InChI=1S/C19H14F5NO/c20-12-8-14-16(10-2-1-3-10)17(25-18(14)15(21)9-12)11-4-6-13(7-5-11)26-19(22,23)24/h4-10,25H,1-3H2. The average Bonchev–Trinajstić information content (AvgIpc) is 2.85. The Morgan fingerprint density at radius 2 is 1.69 bits per heavy atom. The van der Waals surface area contributed by atoms with Crippen molar-refractivity contribution in [1.82, 2.24) is 4.98 Å². The quantitative estimate of drug-likeness (QED) is 0.542. The van der Waals surface area contributed by atoms with Gasteiger partial charge in [-0.3, -0.25) is 0 Å². The van der Waals surface area contributed by atoms with Crippen molar-refractivity contribution in [2.24, 2.45) is 0 Å². The van der Waals surface area contributed by atoms with E-state index in [1.54, 1.807) is 0 Å². The molecule has 1 aliphatic carbocycles. The van der Waals surface area contributed by atoms with E-state index in [9.17, 15) is 22.0 Å². The summed E-state index contributed by atoms with van der Waals surface area (Å²) in [5.74, 6) is -1.51. The van der Waals surface area contributed by atoms with Crippen LogP contribution in [0.4, 0.5) is 22.0 Å². The van der Waals surface area contributed by atoms with E-state index >= 15 is 0 Å². The number of alkyl halides is 3. The van der Waals surface area contributed by atoms with Gasteiger partial charge in [0.25, 0.3) is 0 Å². The molecule has 4 rings (SSSR count). The molecule has 1 fully saturated rings. The number of H-pyrrole nitrogens is 1. The molecule has 0 radical (unpaired) electrons. The molecule has 0 unspecified atom stereocenters. The fourth-order valence-electron chi connectivity index (χ4n) is 3.41. The Hall–Kier alpha value is -2.57. The molecule has 1 aliphatic rings. The number of ether oxygens (including phenoxy) is 1. The van der Waals surface area contributed by atoms with E-state index in [2.05, 4.69) is 9.72 Å². The van der Waals surface area contributed by atoms with Crippen LogP contribution in [0.5, 0.6) is 5.75 Å². The molecule has 3 aromatic rings. The van der Waals surface area contributed by atoms with E-state index in [0.717, 1.165) is 30.9 Å². The molecule has 1 aromatic heterocycles. The first-order valence-corrected chi connectivity index (χ1v) is 8.18. The normalized spacial score (nSPS) is 15.3. The van der Waals surface area contributed by atoms with E-state index in [4.69, 9.17) is 0 Å². The van der Waals surface area contributed by atoms with Gasteiger partial charge in [0.15, 0.2) is 0 Å². The van der Waals surface area contributed by atoms with Crippen LogP contribution < -0.4 is 4.74 Å². The Labute approximate surface area is 145 Å². The molecular weight excluding hydrogens is 353 g/mol. The minimum atomic E-state index is -4.76. The lowest BCUT2D eigenvalue weighted by Crippen LogP contribution is -2.16. The van der Waals surface area contributed by atoms with Gasteiger partial charge in [0.2, 0.25) is 0 Å². The Morgan fingerprint density at radius 3 is 2.27 bits per heavy atom. The van der Waals surface area contributed by atoms with Crippen LogP contribution in [-0.2, 0) is 0 Å². The fraction of sp³-hybridized carbons (Fsp3) is 0.263. The molecule has 136 valence electrons. The molecule has 0 saturated heterocycles. The lowest BCUT2D eigenvalue weighted by molar-refractivity contribution is -0.274. The average molecular weight is 367 g/mol. The van der Waals surface area contributed by atoms with Gasteiger partial charge in [-0.05, 0) is 60.2 Å². The number of rotatable bonds is 3. The zero-order valence-electron chi connectivity index (χ0n) is 13.5. The summed E-state index contributed by atoms with van der Waals surface area (Å²) >= 11 is 0. The van der Waals surface area contributed by atoms with Crippen LogP contribution in [0.25, 0.3) is 22.2 Å². The van der Waals surface area contributed by atoms with Crippen LogP contribution in [0, 0.1) is 11.6 Å². The number of aromatic nitrogens is 1. The van der Waals surface area contributed by atoms with Crippen LogP contribution in [0.1, 0.15) is 30.7 Å². The van der Waals surface area contributed by atoms with Crippen molar-refractivity contribution in [1.29, 1.82) is 0 Å². The summed E-state index contributed by atoms with van der Waals surface area (Å²) in [6, 6.07) is 7.47. The summed E-state index contributed by atoms with van der Waals surface area (Å²) in [4.78, 5) is 2.99. The molecule has 1 heterocycles. The van der Waals surface area contributed by atoms with Gasteiger partial charge in [0.1, 0.15) is 17.4 Å². The fourth-order valence-corrected chi connectivity index (χ4v) is 3.41. The van der Waals surface area contributed by atoms with Crippen molar-refractivity contribution in [3.63, 3.8) is 0 Å². The molecule has 0 amide bonds. The Kier molecular flexibility index (Phi) is 3.89. The third-order valence-corrected chi connectivity index (χ3v) is 4.75. The molecule has 0 aliphatic heterocycles. The summed E-state index contributed by atoms with van der Waals surface area (Å²) in [7, 11) is 0. The maximum atomic E-state index is 14.2. The van der Waals surface area contributed by atoms with Crippen molar-refractivity contribution in [3.05, 3.63) is 53.6 Å². The molecule has 1 N–H and O–H groups in total. The molecular formula is C19H14F5NO. The highest BCUT2D eigenvalue weighted by molar-refractivity contribution is 5.92. The molecule has 0 bridgehead atoms. The van der Waals surface area contributed by atoms with Gasteiger partial charge in [0.05, 0.1) is 11.2 Å². The van der Waals surface area contributed by atoms with E-state index in [1.165, 1.54) is 30.3 Å². The summed E-state index contributed by atoms with van der Waals surface area (Å²) < 4.78 is 68.7. The van der Waals surface area contributed by atoms with Gasteiger partial charge in [0, 0.05) is 11.5 Å². The number of halogens is 5. The van der Waals surface area contributed by atoms with Gasteiger partial charge in [-0.2, -0.15) is 0 Å². The van der Waals surface area contributed by atoms with Crippen molar-refractivity contribution in [2.45, 2.75) is 31.5 Å². The molecule has 26 heavy (non-hydrogen) atoms. The van der Waals surface area contributed by atoms with Crippen LogP contribution >= 0.6 is 0 Å². The predicted molar refractivity (Wildman–Crippen MR) is 86.9 cm³/mol. The number of hydrogen-bond donors (Lipinski definition) is 1. The zero-order chi connectivity index (χ0) is 18.5. The van der Waals surface area contributed by atoms with Crippen molar-refractivity contribution in [3.8, 4) is 17.0 Å². The minimum absolute atomic E-state index is 0.172. The number of hydrogen-bond acceptors (Lipinski definition) is 1. The van der Waals surface area contributed by atoms with E-state index in [-0.39, 0.29) is 17.2 Å². The zero-order valence-corrected chi connectivity index (χ0v) is 13.5. The molecule has 2 aromatic carbocycles. The van der Waals surface area contributed by atoms with E-state index in [0.29, 0.717) is 16.6 Å². The molecule has 1 saturated carbocycles. The molecule has 0 spiro atoms. The Bertz CT molecular complexity index is 955. The topological polar surface area (TPSA) is 25.0 Å². The van der Waals surface area contributed by atoms with Gasteiger partial charge in [-0.15, -0.1) is 13.2 Å². The van der Waals surface area contributed by atoms with Crippen molar-refractivity contribution in [2.75, 3.05) is 0 Å². The smallest absolute Gasteiger partial charge is 0.406 e. The third kappa shape index (κ3) is 3.02. The van der Waals surface area contributed by atoms with Crippen LogP contribution in [0.3, 0.4) is 0 Å². The number of benzene rings is 2. The SMILES string of the molecule is Fc1cc(F)c2[nH]c(-c3ccc(OC(F)(F)F)cc3)c(C3CCC3)c2c1. The second-order valence-electron chi connectivity index (χ2n) is 6.42. The number of fused-ring (bicyclic) bond motifs is 1. The number of nitrogens with one attached hydrogen (secondary N) is 1. The Morgan fingerprint density at radius 1 is 1.00 bits per heavy atom. The number of aromatic amines is 1. The van der Waals surface area contributed by atoms with Gasteiger partial charge < -0.3 is 9.72 Å². The highest BCUT2D eigenvalue weighted by atomic mass is 19.4. The maximum Gasteiger partial charge on any atom is 0.573 e. The molecule has 7 heteroatoms. The maximum absolute atomic E-state index is 14.2. The lowest BCUT2D eigenvalue weighted by atomic mass is 9.78. The second-order valence-corrected chi connectivity index (χ2v) is 6.42. The van der Waals surface area contributed by atoms with E-state index < -0.39 is 18.0 Å². The predicted octanol–water partition coefficient (Wildman–Crippen LogP) is 6.28. The van der Waals surface area contributed by atoms with Crippen molar-refractivity contribution < 1.29 is 26.7 Å². The monoisotopic (exact) mass is 367 g/mol. The highest BCUT2D eigenvalue weighted by Crippen LogP contribution is 2.45. The second kappa shape index (κ2) is 6.00. The summed E-state index contributed by atoms with van der Waals surface area (Å²) in [5.41, 5.74) is 2.22.